The van der Waals surface area contributed by atoms with E-state index >= 15 is 0 Å². The van der Waals surface area contributed by atoms with Crippen LogP contribution >= 0.6 is 0 Å². The zero-order valence-electron chi connectivity index (χ0n) is 10.4. The van der Waals surface area contributed by atoms with Crippen molar-refractivity contribution >= 4 is 17.8 Å². The maximum absolute atomic E-state index is 11.7. The highest BCUT2D eigenvalue weighted by Crippen LogP contribution is 2.03. The summed E-state index contributed by atoms with van der Waals surface area (Å²) >= 11 is 0. The highest BCUT2D eigenvalue weighted by Gasteiger charge is 2.23. The Morgan fingerprint density at radius 1 is 1.56 bits per heavy atom. The van der Waals surface area contributed by atoms with Crippen LogP contribution in [0.3, 0.4) is 0 Å². The van der Waals surface area contributed by atoms with Crippen molar-refractivity contribution in [1.29, 1.82) is 0 Å². The van der Waals surface area contributed by atoms with Crippen LogP contribution < -0.4 is 16.0 Å². The molecule has 0 aromatic rings. The molecule has 1 fully saturated rings. The normalized spacial score (nSPS) is 20.9. The van der Waals surface area contributed by atoms with Crippen LogP contribution in [0.25, 0.3) is 0 Å². The highest BCUT2D eigenvalue weighted by molar-refractivity contribution is 5.86. The molecule has 2 atom stereocenters. The van der Waals surface area contributed by atoms with Gasteiger partial charge >= 0.3 is 5.97 Å². The molecule has 0 aromatic heterocycles. The molecule has 4 N–H and O–H groups in total. The van der Waals surface area contributed by atoms with E-state index in [-0.39, 0.29) is 37.2 Å². The Morgan fingerprint density at radius 2 is 2.28 bits per heavy atom. The van der Waals surface area contributed by atoms with Crippen LogP contribution in [-0.4, -0.2) is 48.6 Å². The summed E-state index contributed by atoms with van der Waals surface area (Å²) in [7, 11) is 0. The standard InChI is InChI=1S/C11H19N3O4/c1-7(2-3-10(16)17)4-14-11(18)8-5-13-9(15)6-12-8/h7-8,12H,2-6H2,1H3,(H,13,15)(H,14,18)(H,16,17). The lowest BCUT2D eigenvalue weighted by Gasteiger charge is -2.23. The van der Waals surface area contributed by atoms with E-state index in [9.17, 15) is 14.4 Å². The van der Waals surface area contributed by atoms with Gasteiger partial charge in [-0.15, -0.1) is 0 Å². The van der Waals surface area contributed by atoms with E-state index in [2.05, 4.69) is 16.0 Å². The fraction of sp³-hybridized carbons (Fsp3) is 0.727. The van der Waals surface area contributed by atoms with Crippen LogP contribution in [0.5, 0.6) is 0 Å². The van der Waals surface area contributed by atoms with E-state index in [4.69, 9.17) is 5.11 Å². The minimum atomic E-state index is -0.829. The topological polar surface area (TPSA) is 108 Å². The first-order chi connectivity index (χ1) is 8.49. The number of piperazine rings is 1. The number of aliphatic carboxylic acids is 1. The molecule has 1 rings (SSSR count). The lowest BCUT2D eigenvalue weighted by atomic mass is 10.1. The third-order valence-corrected chi connectivity index (χ3v) is 2.80. The smallest absolute Gasteiger partial charge is 0.303 e. The van der Waals surface area contributed by atoms with Crippen molar-refractivity contribution in [2.45, 2.75) is 25.8 Å². The number of carboxylic acids is 1. The summed E-state index contributed by atoms with van der Waals surface area (Å²) in [6.07, 6.45) is 0.638. The van der Waals surface area contributed by atoms with Crippen LogP contribution in [0.2, 0.25) is 0 Å². The fourth-order valence-electron chi connectivity index (χ4n) is 1.62. The molecule has 0 aliphatic carbocycles. The van der Waals surface area contributed by atoms with Crippen LogP contribution in [0.4, 0.5) is 0 Å². The maximum Gasteiger partial charge on any atom is 0.303 e. The molecule has 1 saturated heterocycles. The number of nitrogens with one attached hydrogen (secondary N) is 3. The van der Waals surface area contributed by atoms with Crippen molar-refractivity contribution < 1.29 is 19.5 Å². The van der Waals surface area contributed by atoms with Crippen molar-refractivity contribution in [2.24, 2.45) is 5.92 Å². The van der Waals surface area contributed by atoms with Crippen LogP contribution in [-0.2, 0) is 14.4 Å². The molecular formula is C11H19N3O4. The first kappa shape index (κ1) is 14.4. The molecule has 0 aromatic carbocycles. The number of rotatable bonds is 6. The summed E-state index contributed by atoms with van der Waals surface area (Å²) in [5.41, 5.74) is 0. The summed E-state index contributed by atoms with van der Waals surface area (Å²) < 4.78 is 0. The largest absolute Gasteiger partial charge is 0.481 e. The average Bonchev–Trinajstić information content (AvgIpc) is 2.34. The molecule has 7 nitrogen and oxygen atoms in total. The molecule has 0 saturated carbocycles. The molecule has 1 aliphatic heterocycles. The van der Waals surface area contributed by atoms with Crippen molar-refractivity contribution in [3.63, 3.8) is 0 Å². The summed E-state index contributed by atoms with van der Waals surface area (Å²) in [6.45, 7) is 2.76. The van der Waals surface area contributed by atoms with Gasteiger partial charge in [-0.1, -0.05) is 6.92 Å². The Morgan fingerprint density at radius 3 is 2.83 bits per heavy atom. The Bertz CT molecular complexity index is 322. The first-order valence-corrected chi connectivity index (χ1v) is 5.98. The van der Waals surface area contributed by atoms with E-state index in [1.165, 1.54) is 0 Å². The predicted octanol–water partition coefficient (Wildman–Crippen LogP) is -1.31. The monoisotopic (exact) mass is 257 g/mol. The Kier molecular flexibility index (Phi) is 5.57. The molecule has 1 aliphatic rings. The second kappa shape index (κ2) is 6.95. The van der Waals surface area contributed by atoms with Gasteiger partial charge < -0.3 is 15.7 Å². The van der Waals surface area contributed by atoms with Gasteiger partial charge in [-0.2, -0.15) is 0 Å². The van der Waals surface area contributed by atoms with Crippen LogP contribution in [0.1, 0.15) is 19.8 Å². The van der Waals surface area contributed by atoms with Gasteiger partial charge in [0, 0.05) is 19.5 Å². The van der Waals surface area contributed by atoms with Crippen molar-refractivity contribution in [3.8, 4) is 0 Å². The summed E-state index contributed by atoms with van der Waals surface area (Å²) in [5, 5.41) is 16.7. The number of hydrogen-bond donors (Lipinski definition) is 4. The third-order valence-electron chi connectivity index (χ3n) is 2.80. The van der Waals surface area contributed by atoms with Gasteiger partial charge in [0.2, 0.25) is 11.8 Å². The molecule has 0 radical (unpaired) electrons. The fourth-order valence-corrected chi connectivity index (χ4v) is 1.62. The SMILES string of the molecule is CC(CCC(=O)O)CNC(=O)C1CNC(=O)CN1. The van der Waals surface area contributed by atoms with Gasteiger partial charge in [-0.3, -0.25) is 19.7 Å². The number of amides is 2. The number of carbonyl (C=O) groups is 3. The van der Waals surface area contributed by atoms with Crippen molar-refractivity contribution in [3.05, 3.63) is 0 Å². The Hall–Kier alpha value is -1.63. The van der Waals surface area contributed by atoms with Crippen LogP contribution in [0, 0.1) is 5.92 Å². The van der Waals surface area contributed by atoms with E-state index < -0.39 is 12.0 Å². The summed E-state index contributed by atoms with van der Waals surface area (Å²) in [5.74, 6) is -1.00. The molecule has 2 amide bonds. The lowest BCUT2D eigenvalue weighted by molar-refractivity contribution is -0.137. The van der Waals surface area contributed by atoms with Gasteiger partial charge in [0.25, 0.3) is 0 Å². The quantitative estimate of drug-likeness (QED) is 0.472. The molecule has 0 bridgehead atoms. The predicted molar refractivity (Wildman–Crippen MR) is 63.8 cm³/mol. The lowest BCUT2D eigenvalue weighted by Crippen LogP contribution is -2.58. The second-order valence-electron chi connectivity index (χ2n) is 4.52. The number of carboxylic acid groups (broad SMARTS) is 1. The summed E-state index contributed by atoms with van der Waals surface area (Å²) in [4.78, 5) is 33.0. The molecule has 1 heterocycles. The zero-order valence-corrected chi connectivity index (χ0v) is 10.4. The molecule has 18 heavy (non-hydrogen) atoms. The minimum Gasteiger partial charge on any atom is -0.481 e. The maximum atomic E-state index is 11.7. The van der Waals surface area contributed by atoms with Gasteiger partial charge in [-0.05, 0) is 12.3 Å². The average molecular weight is 257 g/mol. The second-order valence-corrected chi connectivity index (χ2v) is 4.52. The first-order valence-electron chi connectivity index (χ1n) is 5.98. The highest BCUT2D eigenvalue weighted by atomic mass is 16.4. The van der Waals surface area contributed by atoms with E-state index in [1.54, 1.807) is 0 Å². The van der Waals surface area contributed by atoms with E-state index in [0.29, 0.717) is 13.0 Å². The Balaban J connectivity index is 2.20. The van der Waals surface area contributed by atoms with Gasteiger partial charge in [0.15, 0.2) is 0 Å². The molecule has 102 valence electrons. The van der Waals surface area contributed by atoms with E-state index in [1.807, 2.05) is 6.92 Å². The van der Waals surface area contributed by atoms with E-state index in [0.717, 1.165) is 0 Å². The van der Waals surface area contributed by atoms with Gasteiger partial charge in [0.1, 0.15) is 6.04 Å². The van der Waals surface area contributed by atoms with Crippen molar-refractivity contribution in [1.82, 2.24) is 16.0 Å². The zero-order chi connectivity index (χ0) is 13.5. The van der Waals surface area contributed by atoms with Crippen molar-refractivity contribution in [2.75, 3.05) is 19.6 Å². The van der Waals surface area contributed by atoms with Gasteiger partial charge in [-0.25, -0.2) is 0 Å². The number of hydrogen-bond acceptors (Lipinski definition) is 4. The molecule has 2 unspecified atom stereocenters. The number of carbonyl (C=O) groups excluding carboxylic acids is 2. The summed E-state index contributed by atoms with van der Waals surface area (Å²) in [6, 6.07) is -0.408. The molecule has 7 heteroatoms. The Labute approximate surface area is 105 Å². The third kappa shape index (κ3) is 5.13. The van der Waals surface area contributed by atoms with Gasteiger partial charge in [0.05, 0.1) is 6.54 Å². The molecular weight excluding hydrogens is 238 g/mol. The van der Waals surface area contributed by atoms with Crippen LogP contribution in [0.15, 0.2) is 0 Å². The minimum absolute atomic E-state index is 0.106. The molecule has 0 spiro atoms.